The highest BCUT2D eigenvalue weighted by atomic mass is 16.5. The Hall–Kier alpha value is -0.650. The number of ether oxygens (including phenoxy) is 1. The van der Waals surface area contributed by atoms with Crippen LogP contribution in [0.5, 0.6) is 0 Å². The van der Waals surface area contributed by atoms with Crippen molar-refractivity contribution >= 4 is 5.91 Å². The van der Waals surface area contributed by atoms with Crippen LogP contribution in [0.4, 0.5) is 0 Å². The molecule has 1 amide bonds. The summed E-state index contributed by atoms with van der Waals surface area (Å²) in [7, 11) is 0. The molecule has 2 unspecified atom stereocenters. The fourth-order valence-electron chi connectivity index (χ4n) is 2.59. The van der Waals surface area contributed by atoms with E-state index < -0.39 is 0 Å². The molecule has 2 aliphatic heterocycles. The number of hydrogen-bond donors (Lipinski definition) is 2. The Bertz CT molecular complexity index is 277. The van der Waals surface area contributed by atoms with Crippen molar-refractivity contribution in [1.29, 1.82) is 0 Å². The minimum atomic E-state index is -0.304. The first-order valence-electron chi connectivity index (χ1n) is 7.01. The van der Waals surface area contributed by atoms with E-state index in [1.807, 2.05) is 0 Å². The van der Waals surface area contributed by atoms with Crippen molar-refractivity contribution in [3.8, 4) is 0 Å². The van der Waals surface area contributed by atoms with Crippen molar-refractivity contribution in [1.82, 2.24) is 15.5 Å². The molecule has 0 aromatic rings. The van der Waals surface area contributed by atoms with Crippen LogP contribution in [-0.4, -0.2) is 62.3 Å². The highest BCUT2D eigenvalue weighted by Crippen LogP contribution is 2.17. The standard InChI is InChI=1S/C13H25N3O2/c1-10(2)16-5-3-11(9-16)7-15-13(17)12-8-14-4-6-18-12/h10-12,14H,3-9H2,1-2H3,(H,15,17). The molecule has 2 saturated heterocycles. The molecule has 0 aliphatic carbocycles. The van der Waals surface area contributed by atoms with Crippen LogP contribution in [0.3, 0.4) is 0 Å². The number of morpholine rings is 1. The molecule has 0 spiro atoms. The average molecular weight is 255 g/mol. The lowest BCUT2D eigenvalue weighted by Crippen LogP contribution is -2.48. The van der Waals surface area contributed by atoms with Crippen molar-refractivity contribution in [3.63, 3.8) is 0 Å². The zero-order chi connectivity index (χ0) is 13.0. The molecule has 2 atom stereocenters. The third kappa shape index (κ3) is 3.67. The van der Waals surface area contributed by atoms with Gasteiger partial charge in [0, 0.05) is 32.2 Å². The molecule has 2 fully saturated rings. The molecular formula is C13H25N3O2. The molecule has 0 bridgehead atoms. The number of likely N-dealkylation sites (tertiary alicyclic amines) is 1. The first kappa shape index (κ1) is 13.8. The summed E-state index contributed by atoms with van der Waals surface area (Å²) in [6.45, 7) is 9.58. The third-order valence-corrected chi connectivity index (χ3v) is 3.83. The van der Waals surface area contributed by atoms with Gasteiger partial charge in [0.1, 0.15) is 6.10 Å². The molecule has 2 heterocycles. The second-order valence-corrected chi connectivity index (χ2v) is 5.55. The van der Waals surface area contributed by atoms with Gasteiger partial charge in [-0.1, -0.05) is 0 Å². The van der Waals surface area contributed by atoms with Crippen molar-refractivity contribution in [2.24, 2.45) is 5.92 Å². The highest BCUT2D eigenvalue weighted by Gasteiger charge is 2.26. The first-order chi connectivity index (χ1) is 8.66. The van der Waals surface area contributed by atoms with Gasteiger partial charge in [-0.05, 0) is 32.7 Å². The zero-order valence-electron chi connectivity index (χ0n) is 11.4. The SMILES string of the molecule is CC(C)N1CCC(CNC(=O)C2CNCCO2)C1. The molecule has 2 rings (SSSR count). The van der Waals surface area contributed by atoms with Crippen LogP contribution in [0.2, 0.25) is 0 Å². The van der Waals surface area contributed by atoms with E-state index in [4.69, 9.17) is 4.74 Å². The van der Waals surface area contributed by atoms with Crippen LogP contribution in [-0.2, 0) is 9.53 Å². The lowest BCUT2D eigenvalue weighted by atomic mass is 10.1. The van der Waals surface area contributed by atoms with Gasteiger partial charge in [-0.15, -0.1) is 0 Å². The van der Waals surface area contributed by atoms with E-state index in [0.29, 0.717) is 25.1 Å². The van der Waals surface area contributed by atoms with Crippen molar-refractivity contribution in [2.45, 2.75) is 32.4 Å². The van der Waals surface area contributed by atoms with Crippen molar-refractivity contribution in [3.05, 3.63) is 0 Å². The Balaban J connectivity index is 1.67. The quantitative estimate of drug-likeness (QED) is 0.732. The number of nitrogens with one attached hydrogen (secondary N) is 2. The first-order valence-corrected chi connectivity index (χ1v) is 7.01. The number of nitrogens with zero attached hydrogens (tertiary/aromatic N) is 1. The van der Waals surface area contributed by atoms with Crippen molar-refractivity contribution < 1.29 is 9.53 Å². The van der Waals surface area contributed by atoms with E-state index in [0.717, 1.165) is 26.2 Å². The lowest BCUT2D eigenvalue weighted by molar-refractivity contribution is -0.134. The second-order valence-electron chi connectivity index (χ2n) is 5.55. The monoisotopic (exact) mass is 255 g/mol. The van der Waals surface area contributed by atoms with E-state index in [1.54, 1.807) is 0 Å². The summed E-state index contributed by atoms with van der Waals surface area (Å²) in [5.74, 6) is 0.623. The summed E-state index contributed by atoms with van der Waals surface area (Å²) in [6, 6.07) is 0.608. The smallest absolute Gasteiger partial charge is 0.250 e. The normalized spacial score (nSPS) is 29.7. The second kappa shape index (κ2) is 6.50. The van der Waals surface area contributed by atoms with Gasteiger partial charge < -0.3 is 20.3 Å². The van der Waals surface area contributed by atoms with E-state index in [1.165, 1.54) is 6.42 Å². The molecule has 18 heavy (non-hydrogen) atoms. The molecule has 2 N–H and O–H groups in total. The Morgan fingerprint density at radius 1 is 1.56 bits per heavy atom. The summed E-state index contributed by atoms with van der Waals surface area (Å²) in [5, 5.41) is 6.19. The molecule has 0 aromatic heterocycles. The van der Waals surface area contributed by atoms with Crippen LogP contribution in [0.25, 0.3) is 0 Å². The summed E-state index contributed by atoms with van der Waals surface area (Å²) in [4.78, 5) is 14.3. The molecule has 0 saturated carbocycles. The van der Waals surface area contributed by atoms with Crippen LogP contribution < -0.4 is 10.6 Å². The summed E-state index contributed by atoms with van der Waals surface area (Å²) in [5.41, 5.74) is 0. The molecule has 2 aliphatic rings. The number of rotatable bonds is 4. The summed E-state index contributed by atoms with van der Waals surface area (Å²) >= 11 is 0. The summed E-state index contributed by atoms with van der Waals surface area (Å²) < 4.78 is 5.43. The Kier molecular flexibility index (Phi) is 4.97. The molecule has 104 valence electrons. The maximum absolute atomic E-state index is 11.9. The van der Waals surface area contributed by atoms with Gasteiger partial charge in [0.25, 0.3) is 0 Å². The molecule has 0 aromatic carbocycles. The zero-order valence-corrected chi connectivity index (χ0v) is 11.4. The third-order valence-electron chi connectivity index (χ3n) is 3.83. The van der Waals surface area contributed by atoms with Gasteiger partial charge in [-0.2, -0.15) is 0 Å². The Labute approximate surface area is 109 Å². The number of amides is 1. The highest BCUT2D eigenvalue weighted by molar-refractivity contribution is 5.81. The van der Waals surface area contributed by atoms with Gasteiger partial charge in [0.2, 0.25) is 5.91 Å². The predicted molar refractivity (Wildman–Crippen MR) is 70.4 cm³/mol. The molecular weight excluding hydrogens is 230 g/mol. The van der Waals surface area contributed by atoms with Gasteiger partial charge in [0.05, 0.1) is 6.61 Å². The largest absolute Gasteiger partial charge is 0.366 e. The van der Waals surface area contributed by atoms with Crippen LogP contribution >= 0.6 is 0 Å². The topological polar surface area (TPSA) is 53.6 Å². The van der Waals surface area contributed by atoms with Crippen molar-refractivity contribution in [2.75, 3.05) is 39.3 Å². The van der Waals surface area contributed by atoms with Crippen LogP contribution in [0, 0.1) is 5.92 Å². The molecule has 0 radical (unpaired) electrons. The number of carbonyl (C=O) groups is 1. The lowest BCUT2D eigenvalue weighted by Gasteiger charge is -2.24. The van der Waals surface area contributed by atoms with Crippen LogP contribution in [0.1, 0.15) is 20.3 Å². The Morgan fingerprint density at radius 2 is 2.39 bits per heavy atom. The summed E-state index contributed by atoms with van der Waals surface area (Å²) in [6.07, 6.45) is 0.878. The molecule has 5 heteroatoms. The van der Waals surface area contributed by atoms with Gasteiger partial charge in [-0.25, -0.2) is 0 Å². The van der Waals surface area contributed by atoms with E-state index in [9.17, 15) is 4.79 Å². The fourth-order valence-corrected chi connectivity index (χ4v) is 2.59. The average Bonchev–Trinajstić information content (AvgIpc) is 2.86. The minimum absolute atomic E-state index is 0.0326. The predicted octanol–water partition coefficient (Wildman–Crippen LogP) is -0.179. The maximum Gasteiger partial charge on any atom is 0.250 e. The fraction of sp³-hybridized carbons (Fsp3) is 0.923. The van der Waals surface area contributed by atoms with Gasteiger partial charge in [-0.3, -0.25) is 4.79 Å². The minimum Gasteiger partial charge on any atom is -0.366 e. The van der Waals surface area contributed by atoms with E-state index >= 15 is 0 Å². The van der Waals surface area contributed by atoms with Gasteiger partial charge >= 0.3 is 0 Å². The number of hydrogen-bond acceptors (Lipinski definition) is 4. The van der Waals surface area contributed by atoms with Gasteiger partial charge in [0.15, 0.2) is 0 Å². The van der Waals surface area contributed by atoms with E-state index in [2.05, 4.69) is 29.4 Å². The molecule has 5 nitrogen and oxygen atoms in total. The maximum atomic E-state index is 11.9. The Morgan fingerprint density at radius 3 is 3.00 bits per heavy atom. The number of carbonyl (C=O) groups excluding carboxylic acids is 1. The van der Waals surface area contributed by atoms with Crippen LogP contribution in [0.15, 0.2) is 0 Å². The van der Waals surface area contributed by atoms with E-state index in [-0.39, 0.29) is 12.0 Å².